The zero-order valence-electron chi connectivity index (χ0n) is 5.79. The van der Waals surface area contributed by atoms with Crippen LogP contribution in [0.4, 0.5) is 5.82 Å². The molecule has 4 nitrogen and oxygen atoms in total. The Balaban J connectivity index is 2.10. The number of aromatic nitrogens is 3. The topological polar surface area (TPSA) is 50.7 Å². The molecule has 1 aromatic rings. The second kappa shape index (κ2) is 2.62. The summed E-state index contributed by atoms with van der Waals surface area (Å²) in [6.07, 6.45) is 3.99. The van der Waals surface area contributed by atoms with Crippen LogP contribution in [0.15, 0.2) is 6.20 Å². The van der Waals surface area contributed by atoms with Crippen LogP contribution >= 0.6 is 11.6 Å². The van der Waals surface area contributed by atoms with Crippen LogP contribution in [0, 0.1) is 0 Å². The van der Waals surface area contributed by atoms with Crippen LogP contribution in [-0.2, 0) is 0 Å². The van der Waals surface area contributed by atoms with E-state index in [-0.39, 0.29) is 5.28 Å². The van der Waals surface area contributed by atoms with E-state index in [4.69, 9.17) is 11.6 Å². The van der Waals surface area contributed by atoms with Crippen LogP contribution in [0.3, 0.4) is 0 Å². The van der Waals surface area contributed by atoms with Crippen molar-refractivity contribution in [3.8, 4) is 0 Å². The maximum atomic E-state index is 5.52. The Morgan fingerprint density at radius 1 is 1.55 bits per heavy atom. The first kappa shape index (κ1) is 6.79. The van der Waals surface area contributed by atoms with Crippen molar-refractivity contribution in [3.05, 3.63) is 11.5 Å². The van der Waals surface area contributed by atoms with Crippen molar-refractivity contribution in [1.82, 2.24) is 15.2 Å². The lowest BCUT2D eigenvalue weighted by atomic mass is 10.6. The number of halogens is 1. The fraction of sp³-hybridized carbons (Fsp3) is 0.500. The van der Waals surface area contributed by atoms with Gasteiger partial charge >= 0.3 is 0 Å². The smallest absolute Gasteiger partial charge is 0.244 e. The molecule has 1 N–H and O–H groups in total. The van der Waals surface area contributed by atoms with Crippen molar-refractivity contribution in [1.29, 1.82) is 0 Å². The lowest BCUT2D eigenvalue weighted by molar-refractivity contribution is 0.957. The lowest BCUT2D eigenvalue weighted by Gasteiger charge is -1.99. The first-order valence-electron chi connectivity index (χ1n) is 3.46. The lowest BCUT2D eigenvalue weighted by Crippen LogP contribution is -2.04. The molecule has 1 heterocycles. The fourth-order valence-electron chi connectivity index (χ4n) is 0.788. The average Bonchev–Trinajstić information content (AvgIpc) is 2.71. The van der Waals surface area contributed by atoms with Crippen molar-refractivity contribution >= 4 is 17.4 Å². The van der Waals surface area contributed by atoms with Crippen LogP contribution in [-0.4, -0.2) is 21.2 Å². The number of nitrogens with zero attached hydrogens (tertiary/aromatic N) is 3. The molecule has 58 valence electrons. The van der Waals surface area contributed by atoms with Gasteiger partial charge in [-0.1, -0.05) is 0 Å². The molecule has 0 aliphatic heterocycles. The minimum absolute atomic E-state index is 0.190. The molecular formula is C6H7ClN4. The number of anilines is 1. The van der Waals surface area contributed by atoms with Gasteiger partial charge in [-0.15, -0.1) is 5.10 Å². The molecule has 0 unspecified atom stereocenters. The van der Waals surface area contributed by atoms with Gasteiger partial charge in [-0.2, -0.15) is 10.1 Å². The van der Waals surface area contributed by atoms with Crippen LogP contribution in [0.5, 0.6) is 0 Å². The molecule has 1 aromatic heterocycles. The summed E-state index contributed by atoms with van der Waals surface area (Å²) in [6, 6.07) is 0.572. The molecule has 0 spiro atoms. The summed E-state index contributed by atoms with van der Waals surface area (Å²) in [5.41, 5.74) is 0. The van der Waals surface area contributed by atoms with E-state index in [1.165, 1.54) is 12.8 Å². The highest BCUT2D eigenvalue weighted by Gasteiger charge is 2.21. The summed E-state index contributed by atoms with van der Waals surface area (Å²) < 4.78 is 0. The van der Waals surface area contributed by atoms with E-state index in [9.17, 15) is 0 Å². The molecule has 0 amide bonds. The Labute approximate surface area is 69.0 Å². The largest absolute Gasteiger partial charge is 0.366 e. The molecule has 1 saturated carbocycles. The SMILES string of the molecule is Clc1nncc(NC2CC2)n1. The monoisotopic (exact) mass is 170 g/mol. The van der Waals surface area contributed by atoms with E-state index in [0.29, 0.717) is 11.9 Å². The summed E-state index contributed by atoms with van der Waals surface area (Å²) in [7, 11) is 0. The van der Waals surface area contributed by atoms with Crippen LogP contribution in [0.2, 0.25) is 5.28 Å². The maximum Gasteiger partial charge on any atom is 0.244 e. The third-order valence-electron chi connectivity index (χ3n) is 1.46. The quantitative estimate of drug-likeness (QED) is 0.722. The number of nitrogens with one attached hydrogen (secondary N) is 1. The zero-order chi connectivity index (χ0) is 7.68. The Hall–Kier alpha value is -0.900. The first-order chi connectivity index (χ1) is 5.34. The molecule has 0 atom stereocenters. The van der Waals surface area contributed by atoms with Gasteiger partial charge in [0.05, 0.1) is 6.20 Å². The fourth-order valence-corrected chi connectivity index (χ4v) is 0.923. The van der Waals surface area contributed by atoms with E-state index in [2.05, 4.69) is 20.5 Å². The minimum Gasteiger partial charge on any atom is -0.366 e. The van der Waals surface area contributed by atoms with Crippen molar-refractivity contribution in [2.75, 3.05) is 5.32 Å². The number of hydrogen-bond donors (Lipinski definition) is 1. The molecule has 11 heavy (non-hydrogen) atoms. The highest BCUT2D eigenvalue weighted by atomic mass is 35.5. The Kier molecular flexibility index (Phi) is 1.62. The zero-order valence-corrected chi connectivity index (χ0v) is 6.54. The summed E-state index contributed by atoms with van der Waals surface area (Å²) in [5.74, 6) is 0.715. The number of rotatable bonds is 2. The highest BCUT2D eigenvalue weighted by Crippen LogP contribution is 2.23. The molecule has 0 saturated heterocycles. The van der Waals surface area contributed by atoms with Gasteiger partial charge < -0.3 is 5.32 Å². The number of hydrogen-bond acceptors (Lipinski definition) is 4. The van der Waals surface area contributed by atoms with E-state index in [1.807, 2.05) is 0 Å². The second-order valence-corrected chi connectivity index (χ2v) is 2.87. The van der Waals surface area contributed by atoms with Gasteiger partial charge in [-0.25, -0.2) is 0 Å². The Bertz CT molecular complexity index is 261. The summed E-state index contributed by atoms with van der Waals surface area (Å²) in [4.78, 5) is 3.93. The predicted octanol–water partition coefficient (Wildman–Crippen LogP) is 1.10. The third kappa shape index (κ3) is 1.77. The maximum absolute atomic E-state index is 5.52. The van der Waals surface area contributed by atoms with Gasteiger partial charge in [0.25, 0.3) is 0 Å². The van der Waals surface area contributed by atoms with Gasteiger partial charge in [0.1, 0.15) is 5.82 Å². The minimum atomic E-state index is 0.190. The van der Waals surface area contributed by atoms with Crippen molar-refractivity contribution in [2.24, 2.45) is 0 Å². The summed E-state index contributed by atoms with van der Waals surface area (Å²) >= 11 is 5.52. The van der Waals surface area contributed by atoms with E-state index < -0.39 is 0 Å². The van der Waals surface area contributed by atoms with Crippen LogP contribution in [0.1, 0.15) is 12.8 Å². The van der Waals surface area contributed by atoms with Gasteiger partial charge in [-0.3, -0.25) is 0 Å². The van der Waals surface area contributed by atoms with Gasteiger partial charge in [0.15, 0.2) is 0 Å². The van der Waals surface area contributed by atoms with E-state index >= 15 is 0 Å². The Morgan fingerprint density at radius 3 is 3.00 bits per heavy atom. The molecule has 1 aliphatic rings. The van der Waals surface area contributed by atoms with Gasteiger partial charge in [0, 0.05) is 6.04 Å². The second-order valence-electron chi connectivity index (χ2n) is 2.53. The van der Waals surface area contributed by atoms with Crippen molar-refractivity contribution in [3.63, 3.8) is 0 Å². The van der Waals surface area contributed by atoms with E-state index in [1.54, 1.807) is 6.20 Å². The third-order valence-corrected chi connectivity index (χ3v) is 1.62. The van der Waals surface area contributed by atoms with Gasteiger partial charge in [-0.05, 0) is 24.4 Å². The predicted molar refractivity (Wildman–Crippen MR) is 41.5 cm³/mol. The van der Waals surface area contributed by atoms with Crippen molar-refractivity contribution < 1.29 is 0 Å². The van der Waals surface area contributed by atoms with E-state index in [0.717, 1.165) is 0 Å². The first-order valence-corrected chi connectivity index (χ1v) is 3.84. The molecule has 1 fully saturated rings. The molecular weight excluding hydrogens is 164 g/mol. The average molecular weight is 171 g/mol. The molecule has 0 aromatic carbocycles. The molecule has 1 aliphatic carbocycles. The summed E-state index contributed by atoms with van der Waals surface area (Å²) in [5, 5.41) is 10.5. The molecule has 2 rings (SSSR count). The molecule has 0 bridgehead atoms. The molecule has 5 heteroatoms. The highest BCUT2D eigenvalue weighted by molar-refractivity contribution is 6.28. The Morgan fingerprint density at radius 2 is 2.36 bits per heavy atom. The van der Waals surface area contributed by atoms with Crippen molar-refractivity contribution in [2.45, 2.75) is 18.9 Å². The standard InChI is InChI=1S/C6H7ClN4/c7-6-10-5(3-8-11-6)9-4-1-2-4/h3-4H,1-2H2,(H,9,10,11). The normalized spacial score (nSPS) is 16.5. The van der Waals surface area contributed by atoms with Crippen LogP contribution in [0.25, 0.3) is 0 Å². The molecule has 0 radical (unpaired) electrons. The summed E-state index contributed by atoms with van der Waals surface area (Å²) in [6.45, 7) is 0. The van der Waals surface area contributed by atoms with Crippen LogP contribution < -0.4 is 5.32 Å². The van der Waals surface area contributed by atoms with Gasteiger partial charge in [0.2, 0.25) is 5.28 Å².